The van der Waals surface area contributed by atoms with Gasteiger partial charge in [-0.15, -0.1) is 0 Å². The van der Waals surface area contributed by atoms with Crippen LogP contribution in [0, 0.1) is 0 Å². The molecule has 1 N–H and O–H groups in total. The van der Waals surface area contributed by atoms with Gasteiger partial charge in [0.15, 0.2) is 0 Å². The number of furan rings is 1. The molecule has 0 aliphatic carbocycles. The van der Waals surface area contributed by atoms with Crippen LogP contribution in [0.3, 0.4) is 0 Å². The van der Waals surface area contributed by atoms with Crippen LogP contribution in [0.4, 0.5) is 0 Å². The molecule has 120 valence electrons. The van der Waals surface area contributed by atoms with Crippen LogP contribution in [0.2, 0.25) is 5.02 Å². The Balaban J connectivity index is 1.66. The molecule has 2 heterocycles. The van der Waals surface area contributed by atoms with E-state index in [0.717, 1.165) is 0 Å². The molecule has 1 fully saturated rings. The number of nitrogens with zero attached hydrogens (tertiary/aromatic N) is 2. The summed E-state index contributed by atoms with van der Waals surface area (Å²) in [5.74, 6) is -0.506. The van der Waals surface area contributed by atoms with Crippen LogP contribution in [0.25, 0.3) is 0 Å². The van der Waals surface area contributed by atoms with Crippen molar-refractivity contribution in [1.29, 1.82) is 0 Å². The lowest BCUT2D eigenvalue weighted by Gasteiger charge is -2.34. The molecule has 1 aromatic heterocycles. The highest BCUT2D eigenvalue weighted by molar-refractivity contribution is 6.31. The number of phenolic OH excluding ortho intramolecular Hbond substituents is 1. The Kier molecular flexibility index (Phi) is 4.25. The summed E-state index contributed by atoms with van der Waals surface area (Å²) in [6, 6.07) is 5.98. The van der Waals surface area contributed by atoms with Crippen LogP contribution in [-0.2, 0) is 0 Å². The van der Waals surface area contributed by atoms with Gasteiger partial charge < -0.3 is 19.3 Å². The maximum atomic E-state index is 12.5. The topological polar surface area (TPSA) is 74.0 Å². The van der Waals surface area contributed by atoms with Crippen LogP contribution in [0.5, 0.6) is 5.75 Å². The minimum atomic E-state index is -0.291. The Hall–Kier alpha value is -2.47. The molecule has 0 spiro atoms. The summed E-state index contributed by atoms with van der Waals surface area (Å²) < 4.78 is 4.92. The third kappa shape index (κ3) is 3.17. The Morgan fingerprint density at radius 1 is 1.04 bits per heavy atom. The van der Waals surface area contributed by atoms with Crippen molar-refractivity contribution in [1.82, 2.24) is 9.80 Å². The molecule has 7 heteroatoms. The number of hydrogen-bond donors (Lipinski definition) is 1. The number of carbonyl (C=O) groups is 2. The molecule has 2 aromatic rings. The van der Waals surface area contributed by atoms with E-state index in [1.54, 1.807) is 15.9 Å². The standard InChI is InChI=1S/C16H15ClN2O4/c17-12-1-2-14(20)13(9-12)16(22)19-6-4-18(5-7-19)15(21)11-3-8-23-10-11/h1-3,8-10,20H,4-7H2. The highest BCUT2D eigenvalue weighted by Gasteiger charge is 2.27. The van der Waals surface area contributed by atoms with Crippen LogP contribution in [0.15, 0.2) is 41.2 Å². The second-order valence-corrected chi connectivity index (χ2v) is 5.69. The van der Waals surface area contributed by atoms with Crippen LogP contribution in [-0.4, -0.2) is 52.9 Å². The molecule has 0 unspecified atom stereocenters. The number of benzene rings is 1. The van der Waals surface area contributed by atoms with Crippen molar-refractivity contribution in [2.75, 3.05) is 26.2 Å². The fourth-order valence-electron chi connectivity index (χ4n) is 2.53. The number of hydrogen-bond acceptors (Lipinski definition) is 4. The van der Waals surface area contributed by atoms with E-state index in [9.17, 15) is 14.7 Å². The molecule has 1 aromatic carbocycles. The van der Waals surface area contributed by atoms with Crippen molar-refractivity contribution in [3.63, 3.8) is 0 Å². The van der Waals surface area contributed by atoms with E-state index in [4.69, 9.17) is 16.0 Å². The van der Waals surface area contributed by atoms with E-state index in [1.165, 1.54) is 30.7 Å². The fourth-order valence-corrected chi connectivity index (χ4v) is 2.70. The largest absolute Gasteiger partial charge is 0.507 e. The highest BCUT2D eigenvalue weighted by Crippen LogP contribution is 2.23. The molecule has 0 radical (unpaired) electrons. The summed E-state index contributed by atoms with van der Waals surface area (Å²) in [7, 11) is 0. The summed E-state index contributed by atoms with van der Waals surface area (Å²) in [5.41, 5.74) is 0.671. The Labute approximate surface area is 137 Å². The van der Waals surface area contributed by atoms with Crippen LogP contribution in [0.1, 0.15) is 20.7 Å². The van der Waals surface area contributed by atoms with E-state index in [0.29, 0.717) is 36.8 Å². The van der Waals surface area contributed by atoms with E-state index in [2.05, 4.69) is 0 Å². The lowest BCUT2D eigenvalue weighted by Crippen LogP contribution is -2.50. The van der Waals surface area contributed by atoms with Crippen molar-refractivity contribution in [2.24, 2.45) is 0 Å². The molecule has 2 amide bonds. The summed E-state index contributed by atoms with van der Waals surface area (Å²) in [4.78, 5) is 28.0. The van der Waals surface area contributed by atoms with E-state index < -0.39 is 0 Å². The van der Waals surface area contributed by atoms with Gasteiger partial charge in [0.1, 0.15) is 12.0 Å². The average Bonchev–Trinajstić information content (AvgIpc) is 3.10. The van der Waals surface area contributed by atoms with Crippen molar-refractivity contribution < 1.29 is 19.1 Å². The second-order valence-electron chi connectivity index (χ2n) is 5.26. The molecule has 0 saturated carbocycles. The number of piperazine rings is 1. The molecule has 0 bridgehead atoms. The number of aromatic hydroxyl groups is 1. The van der Waals surface area contributed by atoms with Gasteiger partial charge in [-0.25, -0.2) is 0 Å². The molecule has 23 heavy (non-hydrogen) atoms. The Morgan fingerprint density at radius 3 is 2.30 bits per heavy atom. The SMILES string of the molecule is O=C(c1ccoc1)N1CCN(C(=O)c2cc(Cl)ccc2O)CC1. The minimum absolute atomic E-state index is 0.101. The Bertz CT molecular complexity index is 722. The predicted molar refractivity (Wildman–Crippen MR) is 83.6 cm³/mol. The average molecular weight is 335 g/mol. The summed E-state index contributed by atoms with van der Waals surface area (Å²) in [6.45, 7) is 1.65. The van der Waals surface area contributed by atoms with Crippen molar-refractivity contribution in [2.45, 2.75) is 0 Å². The van der Waals surface area contributed by atoms with E-state index in [-0.39, 0.29) is 23.1 Å². The number of carbonyl (C=O) groups excluding carboxylic acids is 2. The van der Waals surface area contributed by atoms with Crippen molar-refractivity contribution in [3.8, 4) is 5.75 Å². The van der Waals surface area contributed by atoms with Crippen LogP contribution >= 0.6 is 11.6 Å². The van der Waals surface area contributed by atoms with Gasteiger partial charge in [0, 0.05) is 31.2 Å². The Morgan fingerprint density at radius 2 is 1.70 bits per heavy atom. The first kappa shape index (κ1) is 15.4. The highest BCUT2D eigenvalue weighted by atomic mass is 35.5. The maximum Gasteiger partial charge on any atom is 0.257 e. The summed E-state index contributed by atoms with van der Waals surface area (Å²) in [6.07, 6.45) is 2.86. The predicted octanol–water partition coefficient (Wildman–Crippen LogP) is 2.24. The van der Waals surface area contributed by atoms with Crippen molar-refractivity contribution >= 4 is 23.4 Å². The first-order valence-electron chi connectivity index (χ1n) is 7.15. The molecular formula is C16H15ClN2O4. The quantitative estimate of drug-likeness (QED) is 0.914. The van der Waals surface area contributed by atoms with Gasteiger partial charge in [0.25, 0.3) is 11.8 Å². The third-order valence-corrected chi connectivity index (χ3v) is 4.05. The normalized spacial score (nSPS) is 14.8. The lowest BCUT2D eigenvalue weighted by molar-refractivity contribution is 0.0533. The number of phenols is 1. The third-order valence-electron chi connectivity index (χ3n) is 3.81. The zero-order valence-corrected chi connectivity index (χ0v) is 13.0. The molecule has 0 atom stereocenters. The van der Waals surface area contributed by atoms with E-state index >= 15 is 0 Å². The maximum absolute atomic E-state index is 12.5. The zero-order chi connectivity index (χ0) is 16.4. The van der Waals surface area contributed by atoms with Gasteiger partial charge in [-0.1, -0.05) is 11.6 Å². The summed E-state index contributed by atoms with van der Waals surface area (Å²) in [5, 5.41) is 10.2. The fraction of sp³-hybridized carbons (Fsp3) is 0.250. The van der Waals surface area contributed by atoms with Gasteiger partial charge >= 0.3 is 0 Å². The van der Waals surface area contributed by atoms with Gasteiger partial charge in [-0.2, -0.15) is 0 Å². The number of halogens is 1. The number of amides is 2. The molecular weight excluding hydrogens is 320 g/mol. The van der Waals surface area contributed by atoms with Gasteiger partial charge in [-0.3, -0.25) is 9.59 Å². The first-order valence-corrected chi connectivity index (χ1v) is 7.53. The number of rotatable bonds is 2. The smallest absolute Gasteiger partial charge is 0.257 e. The van der Waals surface area contributed by atoms with Crippen LogP contribution < -0.4 is 0 Å². The first-order chi connectivity index (χ1) is 11.1. The molecule has 1 aliphatic rings. The zero-order valence-electron chi connectivity index (χ0n) is 12.2. The monoisotopic (exact) mass is 334 g/mol. The molecule has 6 nitrogen and oxygen atoms in total. The van der Waals surface area contributed by atoms with Gasteiger partial charge in [-0.05, 0) is 24.3 Å². The molecule has 3 rings (SSSR count). The molecule has 1 aliphatic heterocycles. The lowest BCUT2D eigenvalue weighted by atomic mass is 10.1. The van der Waals surface area contributed by atoms with Gasteiger partial charge in [0.05, 0.1) is 17.4 Å². The minimum Gasteiger partial charge on any atom is -0.507 e. The van der Waals surface area contributed by atoms with Crippen molar-refractivity contribution in [3.05, 3.63) is 52.9 Å². The van der Waals surface area contributed by atoms with Gasteiger partial charge in [0.2, 0.25) is 0 Å². The molecule has 1 saturated heterocycles. The summed E-state index contributed by atoms with van der Waals surface area (Å²) >= 11 is 5.88. The second kappa shape index (κ2) is 6.34. The van der Waals surface area contributed by atoms with E-state index in [1.807, 2.05) is 0 Å².